The summed E-state index contributed by atoms with van der Waals surface area (Å²) in [4.78, 5) is 32.4. The average molecular weight is 464 g/mol. The first kappa shape index (κ1) is 22.1. The molecular weight excluding hydrogens is 442 g/mol. The summed E-state index contributed by atoms with van der Waals surface area (Å²) in [6.07, 6.45) is 0.106. The Bertz CT molecular complexity index is 1150. The minimum Gasteiger partial charge on any atom is -0.325 e. The number of nitrogens with zero attached hydrogens (tertiary/aromatic N) is 2. The number of carbonyl (C=O) groups excluding carboxylic acids is 2. The van der Waals surface area contributed by atoms with Crippen LogP contribution in [-0.4, -0.2) is 27.1 Å². The van der Waals surface area contributed by atoms with Crippen molar-refractivity contribution >= 4 is 51.7 Å². The first-order valence-corrected chi connectivity index (χ1v) is 11.5. The van der Waals surface area contributed by atoms with E-state index in [-0.39, 0.29) is 18.2 Å². The van der Waals surface area contributed by atoms with Crippen molar-refractivity contribution in [2.75, 3.05) is 5.32 Å². The van der Waals surface area contributed by atoms with Gasteiger partial charge in [0.15, 0.2) is 5.17 Å². The largest absolute Gasteiger partial charge is 0.325 e. The summed E-state index contributed by atoms with van der Waals surface area (Å²) < 4.78 is 0. The lowest BCUT2D eigenvalue weighted by molar-refractivity contribution is -0.129. The third-order valence-corrected chi connectivity index (χ3v) is 6.39. The molecule has 0 radical (unpaired) electrons. The number of rotatable bonds is 5. The van der Waals surface area contributed by atoms with E-state index in [4.69, 9.17) is 11.6 Å². The van der Waals surface area contributed by atoms with E-state index in [0.717, 1.165) is 11.1 Å². The molecule has 1 fully saturated rings. The second-order valence-electron chi connectivity index (χ2n) is 7.51. The number of amides is 2. The predicted octanol–water partition coefficient (Wildman–Crippen LogP) is 5.81. The van der Waals surface area contributed by atoms with Crippen LogP contribution in [0.2, 0.25) is 5.02 Å². The number of hydrogen-bond acceptors (Lipinski definition) is 4. The van der Waals surface area contributed by atoms with Gasteiger partial charge in [0, 0.05) is 17.1 Å². The summed E-state index contributed by atoms with van der Waals surface area (Å²) in [5, 5.41) is 3.46. The first-order valence-electron chi connectivity index (χ1n) is 10.2. The van der Waals surface area contributed by atoms with Crippen LogP contribution in [0.25, 0.3) is 0 Å². The van der Waals surface area contributed by atoms with Gasteiger partial charge in [-0.1, -0.05) is 65.8 Å². The summed E-state index contributed by atoms with van der Waals surface area (Å²) in [5.41, 5.74) is 3.43. The number of carbonyl (C=O) groups is 2. The van der Waals surface area contributed by atoms with Gasteiger partial charge in [-0.05, 0) is 54.4 Å². The second kappa shape index (κ2) is 10.0. The fraction of sp³-hybridized carbons (Fsp3) is 0.160. The Kier molecular flexibility index (Phi) is 6.93. The molecule has 5 nitrogen and oxygen atoms in total. The van der Waals surface area contributed by atoms with Gasteiger partial charge in [0.05, 0.1) is 12.2 Å². The van der Waals surface area contributed by atoms with Crippen molar-refractivity contribution in [3.8, 4) is 0 Å². The van der Waals surface area contributed by atoms with Crippen molar-refractivity contribution in [3.63, 3.8) is 0 Å². The molecule has 1 aliphatic heterocycles. The molecule has 7 heteroatoms. The third kappa shape index (κ3) is 5.58. The maximum atomic E-state index is 13.1. The van der Waals surface area contributed by atoms with Gasteiger partial charge in [0.25, 0.3) is 0 Å². The summed E-state index contributed by atoms with van der Waals surface area (Å²) in [5.74, 6) is -0.346. The molecule has 32 heavy (non-hydrogen) atoms. The van der Waals surface area contributed by atoms with Gasteiger partial charge in [0.1, 0.15) is 5.25 Å². The highest BCUT2D eigenvalue weighted by molar-refractivity contribution is 8.15. The summed E-state index contributed by atoms with van der Waals surface area (Å²) in [6, 6.07) is 24.4. The summed E-state index contributed by atoms with van der Waals surface area (Å²) in [7, 11) is 0. The standard InChI is InChI=1S/C25H22ClN3O2S/c1-17-6-5-9-21(14-17)27-24(31)22-15-23(30)29(16-18-7-3-2-4-8-18)25(32-22)28-20-12-10-19(26)11-13-20/h2-14,22H,15-16H2,1H3,(H,27,31). The van der Waals surface area contributed by atoms with Crippen LogP contribution < -0.4 is 5.32 Å². The van der Waals surface area contributed by atoms with Gasteiger partial charge >= 0.3 is 0 Å². The van der Waals surface area contributed by atoms with E-state index in [1.807, 2.05) is 61.5 Å². The maximum absolute atomic E-state index is 13.1. The van der Waals surface area contributed by atoms with Crippen molar-refractivity contribution in [1.82, 2.24) is 4.90 Å². The van der Waals surface area contributed by atoms with Gasteiger partial charge in [-0.2, -0.15) is 0 Å². The van der Waals surface area contributed by atoms with E-state index >= 15 is 0 Å². The van der Waals surface area contributed by atoms with Crippen molar-refractivity contribution < 1.29 is 9.59 Å². The van der Waals surface area contributed by atoms with Crippen molar-refractivity contribution in [2.45, 2.75) is 25.1 Å². The van der Waals surface area contributed by atoms with Crippen molar-refractivity contribution in [3.05, 3.63) is 95.0 Å². The highest BCUT2D eigenvalue weighted by atomic mass is 35.5. The quantitative estimate of drug-likeness (QED) is 0.519. The molecule has 4 rings (SSSR count). The Morgan fingerprint density at radius 1 is 1.09 bits per heavy atom. The number of nitrogens with one attached hydrogen (secondary N) is 1. The van der Waals surface area contributed by atoms with Gasteiger partial charge in [-0.3, -0.25) is 14.5 Å². The molecule has 2 amide bonds. The molecule has 1 heterocycles. The molecule has 0 aromatic heterocycles. The van der Waals surface area contributed by atoms with Gasteiger partial charge in [-0.15, -0.1) is 0 Å². The lowest BCUT2D eigenvalue weighted by Crippen LogP contribution is -2.44. The highest BCUT2D eigenvalue weighted by Crippen LogP contribution is 2.31. The summed E-state index contributed by atoms with van der Waals surface area (Å²) >= 11 is 7.30. The highest BCUT2D eigenvalue weighted by Gasteiger charge is 2.36. The Morgan fingerprint density at radius 3 is 2.56 bits per heavy atom. The minimum absolute atomic E-state index is 0.106. The normalized spacial score (nSPS) is 17.4. The molecule has 3 aromatic rings. The number of aryl methyl sites for hydroxylation is 1. The molecule has 3 aromatic carbocycles. The van der Waals surface area contributed by atoms with Crippen LogP contribution in [-0.2, 0) is 16.1 Å². The first-order chi connectivity index (χ1) is 15.5. The molecule has 1 unspecified atom stereocenters. The lowest BCUT2D eigenvalue weighted by atomic mass is 10.2. The minimum atomic E-state index is -0.568. The molecule has 1 N–H and O–H groups in total. The van der Waals surface area contributed by atoms with Crippen molar-refractivity contribution in [1.29, 1.82) is 0 Å². The number of amidine groups is 1. The zero-order valence-corrected chi connectivity index (χ0v) is 19.1. The van der Waals surface area contributed by atoms with Gasteiger partial charge < -0.3 is 5.32 Å². The van der Waals surface area contributed by atoms with Crippen LogP contribution in [0, 0.1) is 6.92 Å². The topological polar surface area (TPSA) is 61.8 Å². The average Bonchev–Trinajstić information content (AvgIpc) is 2.78. The fourth-order valence-electron chi connectivity index (χ4n) is 3.33. The van der Waals surface area contributed by atoms with Crippen LogP contribution in [0.4, 0.5) is 11.4 Å². The van der Waals surface area contributed by atoms with Gasteiger partial charge in [0.2, 0.25) is 11.8 Å². The smallest absolute Gasteiger partial charge is 0.238 e. The molecule has 162 valence electrons. The van der Waals surface area contributed by atoms with Crippen LogP contribution >= 0.6 is 23.4 Å². The van der Waals surface area contributed by atoms with Gasteiger partial charge in [-0.25, -0.2) is 4.99 Å². The maximum Gasteiger partial charge on any atom is 0.238 e. The molecule has 1 saturated heterocycles. The van der Waals surface area contributed by atoms with E-state index in [2.05, 4.69) is 10.3 Å². The number of halogens is 1. The number of aliphatic imine (C=N–C) groups is 1. The molecule has 0 aliphatic carbocycles. The zero-order chi connectivity index (χ0) is 22.5. The SMILES string of the molecule is Cc1cccc(NC(=O)C2CC(=O)N(Cc3ccccc3)C(=Nc3ccc(Cl)cc3)S2)c1. The third-order valence-electron chi connectivity index (χ3n) is 4.95. The Morgan fingerprint density at radius 2 is 1.84 bits per heavy atom. The van der Waals surface area contributed by atoms with Crippen LogP contribution in [0.5, 0.6) is 0 Å². The molecule has 0 spiro atoms. The molecule has 1 aliphatic rings. The second-order valence-corrected chi connectivity index (χ2v) is 9.11. The number of benzene rings is 3. The number of anilines is 1. The van der Waals surface area contributed by atoms with Crippen LogP contribution in [0.1, 0.15) is 17.5 Å². The number of thioether (sulfide) groups is 1. The van der Waals surface area contributed by atoms with E-state index < -0.39 is 5.25 Å². The number of hydrogen-bond donors (Lipinski definition) is 1. The molecular formula is C25H22ClN3O2S. The van der Waals surface area contributed by atoms with Crippen LogP contribution in [0.15, 0.2) is 83.9 Å². The molecule has 0 saturated carbocycles. The Balaban J connectivity index is 1.59. The fourth-order valence-corrected chi connectivity index (χ4v) is 4.56. The van der Waals surface area contributed by atoms with Crippen LogP contribution in [0.3, 0.4) is 0 Å². The van der Waals surface area contributed by atoms with E-state index in [1.54, 1.807) is 29.2 Å². The van der Waals surface area contributed by atoms with E-state index in [0.29, 0.717) is 28.1 Å². The lowest BCUT2D eigenvalue weighted by Gasteiger charge is -2.32. The monoisotopic (exact) mass is 463 g/mol. The molecule has 0 bridgehead atoms. The predicted molar refractivity (Wildman–Crippen MR) is 131 cm³/mol. The molecule has 1 atom stereocenters. The zero-order valence-electron chi connectivity index (χ0n) is 17.5. The summed E-state index contributed by atoms with van der Waals surface area (Å²) in [6.45, 7) is 2.36. The Hall–Kier alpha value is -3.09. The van der Waals surface area contributed by atoms with Crippen molar-refractivity contribution in [2.24, 2.45) is 4.99 Å². The van der Waals surface area contributed by atoms with E-state index in [9.17, 15) is 9.59 Å². The van der Waals surface area contributed by atoms with E-state index in [1.165, 1.54) is 11.8 Å². The Labute approximate surface area is 196 Å².